The van der Waals surface area contributed by atoms with Crippen LogP contribution in [0.3, 0.4) is 0 Å². The van der Waals surface area contributed by atoms with Gasteiger partial charge in [0.15, 0.2) is 6.61 Å². The van der Waals surface area contributed by atoms with Crippen LogP contribution in [0, 0.1) is 0 Å². The molecule has 100 valence electrons. The van der Waals surface area contributed by atoms with E-state index < -0.39 is 18.3 Å². The van der Waals surface area contributed by atoms with Crippen molar-refractivity contribution in [1.82, 2.24) is 0 Å². The molecule has 2 N–H and O–H groups in total. The molecular weight excluding hydrogens is 247 g/mol. The van der Waals surface area contributed by atoms with Gasteiger partial charge >= 0.3 is 6.18 Å². The van der Waals surface area contributed by atoms with Crippen LogP contribution in [-0.4, -0.2) is 19.9 Å². The maximum atomic E-state index is 12.1. The molecule has 0 saturated heterocycles. The Balaban J connectivity index is 2.19. The summed E-state index contributed by atoms with van der Waals surface area (Å²) in [7, 11) is 1.45. The fourth-order valence-electron chi connectivity index (χ4n) is 1.65. The van der Waals surface area contributed by atoms with Gasteiger partial charge in [0.1, 0.15) is 11.5 Å². The third-order valence-electron chi connectivity index (χ3n) is 2.88. The minimum Gasteiger partial charge on any atom is -0.497 e. The number of alkyl halides is 3. The fourth-order valence-corrected chi connectivity index (χ4v) is 1.65. The number of ether oxygens (including phenoxy) is 2. The van der Waals surface area contributed by atoms with Gasteiger partial charge in [-0.3, -0.25) is 0 Å². The Kier molecular flexibility index (Phi) is 3.14. The largest absolute Gasteiger partial charge is 0.497 e. The first-order chi connectivity index (χ1) is 8.32. The highest BCUT2D eigenvalue weighted by Crippen LogP contribution is 2.44. The lowest BCUT2D eigenvalue weighted by atomic mass is 10.1. The lowest BCUT2D eigenvalue weighted by Crippen LogP contribution is -2.21. The second-order valence-electron chi connectivity index (χ2n) is 4.46. The minimum atomic E-state index is -4.36. The van der Waals surface area contributed by atoms with Crippen molar-refractivity contribution < 1.29 is 22.6 Å². The van der Waals surface area contributed by atoms with E-state index in [1.54, 1.807) is 12.1 Å². The maximum Gasteiger partial charge on any atom is 0.422 e. The number of methoxy groups -OCH3 is 1. The van der Waals surface area contributed by atoms with Crippen molar-refractivity contribution in [1.29, 1.82) is 0 Å². The van der Waals surface area contributed by atoms with Crippen molar-refractivity contribution in [3.63, 3.8) is 0 Å². The highest BCUT2D eigenvalue weighted by atomic mass is 19.4. The van der Waals surface area contributed by atoms with Crippen LogP contribution in [0.1, 0.15) is 18.4 Å². The molecule has 3 nitrogen and oxygen atoms in total. The first-order valence-electron chi connectivity index (χ1n) is 5.50. The molecule has 0 amide bonds. The van der Waals surface area contributed by atoms with Crippen LogP contribution in [0.15, 0.2) is 18.2 Å². The predicted molar refractivity (Wildman–Crippen MR) is 59.6 cm³/mol. The smallest absolute Gasteiger partial charge is 0.422 e. The number of hydrogen-bond acceptors (Lipinski definition) is 3. The summed E-state index contributed by atoms with van der Waals surface area (Å²) >= 11 is 0. The molecule has 0 aliphatic heterocycles. The number of nitrogens with two attached hydrogens (primary N) is 1. The molecule has 0 unspecified atom stereocenters. The predicted octanol–water partition coefficient (Wildman–Crippen LogP) is 2.58. The van der Waals surface area contributed by atoms with E-state index in [1.165, 1.54) is 13.2 Å². The summed E-state index contributed by atoms with van der Waals surface area (Å²) in [5.41, 5.74) is 6.32. The van der Waals surface area contributed by atoms with Gasteiger partial charge in [-0.2, -0.15) is 13.2 Å². The van der Waals surface area contributed by atoms with E-state index in [9.17, 15) is 13.2 Å². The minimum absolute atomic E-state index is 0.124. The summed E-state index contributed by atoms with van der Waals surface area (Å²) in [6.45, 7) is -1.32. The molecule has 0 radical (unpaired) electrons. The van der Waals surface area contributed by atoms with E-state index in [1.807, 2.05) is 0 Å². The van der Waals surface area contributed by atoms with Gasteiger partial charge in [-0.15, -0.1) is 0 Å². The van der Waals surface area contributed by atoms with Crippen molar-refractivity contribution in [2.45, 2.75) is 24.6 Å². The molecule has 0 spiro atoms. The molecule has 1 aliphatic carbocycles. The molecule has 0 atom stereocenters. The molecule has 6 heteroatoms. The summed E-state index contributed by atoms with van der Waals surface area (Å²) in [6.07, 6.45) is -2.72. The highest BCUT2D eigenvalue weighted by molar-refractivity contribution is 5.43. The van der Waals surface area contributed by atoms with Crippen LogP contribution in [0.25, 0.3) is 0 Å². The zero-order valence-electron chi connectivity index (χ0n) is 9.88. The summed E-state index contributed by atoms with van der Waals surface area (Å²) in [6, 6.07) is 4.69. The Bertz CT molecular complexity index is 441. The van der Waals surface area contributed by atoms with Gasteiger partial charge in [-0.25, -0.2) is 0 Å². The molecule has 1 aliphatic rings. The van der Waals surface area contributed by atoms with Crippen LogP contribution in [0.2, 0.25) is 0 Å². The number of benzene rings is 1. The van der Waals surface area contributed by atoms with Crippen molar-refractivity contribution in [3.05, 3.63) is 23.8 Å². The van der Waals surface area contributed by atoms with Gasteiger partial charge in [0.25, 0.3) is 0 Å². The molecular formula is C12H14F3NO2. The third-order valence-corrected chi connectivity index (χ3v) is 2.88. The summed E-state index contributed by atoms with van der Waals surface area (Å²) in [4.78, 5) is 0. The highest BCUT2D eigenvalue weighted by Gasteiger charge is 2.40. The number of halogens is 3. The fraction of sp³-hybridized carbons (Fsp3) is 0.500. The average molecular weight is 261 g/mol. The van der Waals surface area contributed by atoms with Gasteiger partial charge in [-0.05, 0) is 30.5 Å². The van der Waals surface area contributed by atoms with E-state index >= 15 is 0 Å². The van der Waals surface area contributed by atoms with Gasteiger partial charge in [0.05, 0.1) is 7.11 Å². The van der Waals surface area contributed by atoms with Gasteiger partial charge in [-0.1, -0.05) is 0 Å². The Hall–Kier alpha value is -1.43. The lowest BCUT2D eigenvalue weighted by molar-refractivity contribution is -0.153. The Labute approximate surface area is 103 Å². The van der Waals surface area contributed by atoms with Crippen LogP contribution in [0.4, 0.5) is 13.2 Å². The normalized spacial score (nSPS) is 17.4. The number of hydrogen-bond donors (Lipinski definition) is 1. The molecule has 1 fully saturated rings. The van der Waals surface area contributed by atoms with E-state index in [0.29, 0.717) is 5.75 Å². The molecule has 1 saturated carbocycles. The molecule has 18 heavy (non-hydrogen) atoms. The first kappa shape index (κ1) is 13.0. The molecule has 0 heterocycles. The quantitative estimate of drug-likeness (QED) is 0.906. The molecule has 0 bridgehead atoms. The van der Waals surface area contributed by atoms with Crippen molar-refractivity contribution in [3.8, 4) is 11.5 Å². The monoisotopic (exact) mass is 261 g/mol. The molecule has 1 aromatic carbocycles. The number of rotatable bonds is 4. The maximum absolute atomic E-state index is 12.1. The van der Waals surface area contributed by atoms with Gasteiger partial charge < -0.3 is 15.2 Å². The summed E-state index contributed by atoms with van der Waals surface area (Å²) in [5, 5.41) is 0. The first-order valence-corrected chi connectivity index (χ1v) is 5.50. The topological polar surface area (TPSA) is 44.5 Å². The lowest BCUT2D eigenvalue weighted by Gasteiger charge is -2.15. The van der Waals surface area contributed by atoms with Crippen LogP contribution in [0.5, 0.6) is 11.5 Å². The van der Waals surface area contributed by atoms with Gasteiger partial charge in [0.2, 0.25) is 0 Å². The molecule has 2 rings (SSSR count). The third kappa shape index (κ3) is 3.07. The van der Waals surface area contributed by atoms with E-state index in [2.05, 4.69) is 0 Å². The van der Waals surface area contributed by atoms with Crippen LogP contribution in [-0.2, 0) is 5.54 Å². The van der Waals surface area contributed by atoms with E-state index in [-0.39, 0.29) is 5.75 Å². The summed E-state index contributed by atoms with van der Waals surface area (Å²) < 4.78 is 46.0. The average Bonchev–Trinajstić information content (AvgIpc) is 3.05. The molecule has 0 aromatic heterocycles. The van der Waals surface area contributed by atoms with E-state index in [0.717, 1.165) is 18.4 Å². The Morgan fingerprint density at radius 1 is 1.22 bits per heavy atom. The van der Waals surface area contributed by atoms with Crippen molar-refractivity contribution in [2.75, 3.05) is 13.7 Å². The van der Waals surface area contributed by atoms with Gasteiger partial charge in [0, 0.05) is 11.6 Å². The Morgan fingerprint density at radius 3 is 2.33 bits per heavy atom. The SMILES string of the molecule is COc1cc(OCC(F)(F)F)cc(C2(N)CC2)c1. The van der Waals surface area contributed by atoms with Crippen LogP contribution >= 0.6 is 0 Å². The summed E-state index contributed by atoms with van der Waals surface area (Å²) in [5.74, 6) is 0.569. The second-order valence-corrected chi connectivity index (χ2v) is 4.46. The van der Waals surface area contributed by atoms with E-state index in [4.69, 9.17) is 15.2 Å². The van der Waals surface area contributed by atoms with Crippen LogP contribution < -0.4 is 15.2 Å². The van der Waals surface area contributed by atoms with Crippen molar-refractivity contribution >= 4 is 0 Å². The zero-order valence-corrected chi connectivity index (χ0v) is 9.88. The Morgan fingerprint density at radius 2 is 1.83 bits per heavy atom. The molecule has 1 aromatic rings. The second kappa shape index (κ2) is 4.35. The zero-order chi connectivity index (χ0) is 13.4. The van der Waals surface area contributed by atoms with Crippen molar-refractivity contribution in [2.24, 2.45) is 5.73 Å². The standard InChI is InChI=1S/C12H14F3NO2/c1-17-9-4-8(11(16)2-3-11)5-10(6-9)18-7-12(13,14)15/h4-6H,2-3,7,16H2,1H3.